The van der Waals surface area contributed by atoms with Gasteiger partial charge in [0.05, 0.1) is 12.7 Å². The van der Waals surface area contributed by atoms with Crippen molar-refractivity contribution in [3.8, 4) is 0 Å². The fraction of sp³-hybridized carbons (Fsp3) is 0.500. The molecule has 2 N–H and O–H groups in total. The second-order valence-corrected chi connectivity index (χ2v) is 4.34. The highest BCUT2D eigenvalue weighted by Crippen LogP contribution is 2.32. The Hall–Kier alpha value is -1.03. The summed E-state index contributed by atoms with van der Waals surface area (Å²) in [4.78, 5) is 12.4. The van der Waals surface area contributed by atoms with E-state index < -0.39 is 0 Å². The third kappa shape index (κ3) is 2.07. The molecule has 4 heteroatoms. The van der Waals surface area contributed by atoms with Gasteiger partial charge in [0.25, 0.3) is 0 Å². The second kappa shape index (κ2) is 4.46. The van der Waals surface area contributed by atoms with Crippen LogP contribution in [-0.4, -0.2) is 13.1 Å². The lowest BCUT2D eigenvalue weighted by Gasteiger charge is -2.02. The van der Waals surface area contributed by atoms with Crippen molar-refractivity contribution in [2.75, 3.05) is 12.8 Å². The first-order chi connectivity index (χ1) is 6.60. The first kappa shape index (κ1) is 11.0. The van der Waals surface area contributed by atoms with E-state index in [0.717, 1.165) is 11.3 Å². The van der Waals surface area contributed by atoms with Gasteiger partial charge in [-0.15, -0.1) is 11.3 Å². The molecule has 0 amide bonds. The summed E-state index contributed by atoms with van der Waals surface area (Å²) in [7, 11) is 1.36. The topological polar surface area (TPSA) is 52.3 Å². The third-order valence-electron chi connectivity index (χ3n) is 2.28. The van der Waals surface area contributed by atoms with Crippen LogP contribution >= 0.6 is 11.3 Å². The molecule has 0 spiro atoms. The predicted molar refractivity (Wildman–Crippen MR) is 58.8 cm³/mol. The molecule has 0 aliphatic rings. The fourth-order valence-electron chi connectivity index (χ4n) is 1.14. The van der Waals surface area contributed by atoms with Gasteiger partial charge in [-0.05, 0) is 18.4 Å². The number of ether oxygens (including phenoxy) is 1. The summed E-state index contributed by atoms with van der Waals surface area (Å²) in [5.41, 5.74) is 6.22. The molecule has 1 heterocycles. The number of methoxy groups -OCH3 is 1. The summed E-state index contributed by atoms with van der Waals surface area (Å²) in [5.74, 6) is 0.0917. The van der Waals surface area contributed by atoms with Crippen molar-refractivity contribution in [1.29, 1.82) is 0 Å². The van der Waals surface area contributed by atoms with E-state index in [2.05, 4.69) is 18.6 Å². The molecule has 1 aromatic rings. The molecule has 0 saturated carbocycles. The molecule has 14 heavy (non-hydrogen) atoms. The lowest BCUT2D eigenvalue weighted by Crippen LogP contribution is -2.02. The Morgan fingerprint density at radius 3 is 2.86 bits per heavy atom. The second-order valence-electron chi connectivity index (χ2n) is 3.23. The van der Waals surface area contributed by atoms with Crippen LogP contribution in [0.25, 0.3) is 0 Å². The van der Waals surface area contributed by atoms with E-state index in [4.69, 9.17) is 5.73 Å². The molecule has 0 bridgehead atoms. The summed E-state index contributed by atoms with van der Waals surface area (Å²) < 4.78 is 4.63. The maximum Gasteiger partial charge on any atom is 0.340 e. The van der Waals surface area contributed by atoms with E-state index in [0.29, 0.717) is 16.5 Å². The fourth-order valence-corrected chi connectivity index (χ4v) is 2.19. The Morgan fingerprint density at radius 1 is 1.71 bits per heavy atom. The highest BCUT2D eigenvalue weighted by atomic mass is 32.1. The van der Waals surface area contributed by atoms with Crippen LogP contribution in [0, 0.1) is 0 Å². The number of carbonyl (C=O) groups excluding carboxylic acids is 1. The Balaban J connectivity index is 2.98. The average molecular weight is 213 g/mol. The summed E-state index contributed by atoms with van der Waals surface area (Å²) >= 11 is 1.47. The Bertz CT molecular complexity index is 333. The number of thiophene rings is 1. The quantitative estimate of drug-likeness (QED) is 0.785. The molecular formula is C10H15NO2S. The monoisotopic (exact) mass is 213 g/mol. The van der Waals surface area contributed by atoms with Crippen molar-refractivity contribution in [2.24, 2.45) is 0 Å². The molecule has 0 fully saturated rings. The standard InChI is InChI=1S/C10H15NO2S/c1-4-6(2)8-5-7(9(11)14-8)10(12)13-3/h5-6H,4,11H2,1-3H3. The van der Waals surface area contributed by atoms with E-state index in [1.165, 1.54) is 18.4 Å². The lowest BCUT2D eigenvalue weighted by atomic mass is 10.1. The SMILES string of the molecule is CCC(C)c1cc(C(=O)OC)c(N)s1. The van der Waals surface area contributed by atoms with Gasteiger partial charge in [0.15, 0.2) is 0 Å². The van der Waals surface area contributed by atoms with Crippen molar-refractivity contribution >= 4 is 22.3 Å². The molecule has 0 aliphatic carbocycles. The van der Waals surface area contributed by atoms with Crippen LogP contribution in [0.5, 0.6) is 0 Å². The largest absolute Gasteiger partial charge is 0.465 e. The van der Waals surface area contributed by atoms with Crippen LogP contribution in [0.1, 0.15) is 41.4 Å². The van der Waals surface area contributed by atoms with Crippen LogP contribution < -0.4 is 5.73 Å². The normalized spacial score (nSPS) is 12.5. The molecular weight excluding hydrogens is 198 g/mol. The highest BCUT2D eigenvalue weighted by Gasteiger charge is 2.16. The van der Waals surface area contributed by atoms with Crippen molar-refractivity contribution < 1.29 is 9.53 Å². The van der Waals surface area contributed by atoms with E-state index in [9.17, 15) is 4.79 Å². The molecule has 3 nitrogen and oxygen atoms in total. The molecule has 0 aliphatic heterocycles. The Kier molecular flexibility index (Phi) is 3.52. The summed E-state index contributed by atoms with van der Waals surface area (Å²) in [6.45, 7) is 4.23. The van der Waals surface area contributed by atoms with Gasteiger partial charge in [-0.3, -0.25) is 0 Å². The van der Waals surface area contributed by atoms with Gasteiger partial charge in [-0.1, -0.05) is 13.8 Å². The zero-order chi connectivity index (χ0) is 10.7. The van der Waals surface area contributed by atoms with Gasteiger partial charge in [0.2, 0.25) is 0 Å². The zero-order valence-electron chi connectivity index (χ0n) is 8.66. The first-order valence-corrected chi connectivity index (χ1v) is 5.39. The molecule has 1 rings (SSSR count). The number of hydrogen-bond acceptors (Lipinski definition) is 4. The van der Waals surface area contributed by atoms with Crippen molar-refractivity contribution in [3.63, 3.8) is 0 Å². The number of rotatable bonds is 3. The summed E-state index contributed by atoms with van der Waals surface area (Å²) in [5, 5.41) is 0.548. The summed E-state index contributed by atoms with van der Waals surface area (Å²) in [6, 6.07) is 1.83. The highest BCUT2D eigenvalue weighted by molar-refractivity contribution is 7.16. The van der Waals surface area contributed by atoms with E-state index in [1.54, 1.807) is 0 Å². The molecule has 1 unspecified atom stereocenters. The Morgan fingerprint density at radius 2 is 2.36 bits per heavy atom. The van der Waals surface area contributed by atoms with Crippen LogP contribution in [0.4, 0.5) is 5.00 Å². The molecule has 0 saturated heterocycles. The number of hydrogen-bond donors (Lipinski definition) is 1. The van der Waals surface area contributed by atoms with Gasteiger partial charge in [0, 0.05) is 4.88 Å². The third-order valence-corrected chi connectivity index (χ3v) is 3.48. The van der Waals surface area contributed by atoms with Crippen LogP contribution in [0.3, 0.4) is 0 Å². The number of carbonyl (C=O) groups is 1. The van der Waals surface area contributed by atoms with E-state index in [1.807, 2.05) is 6.07 Å². The first-order valence-electron chi connectivity index (χ1n) is 4.57. The smallest absolute Gasteiger partial charge is 0.340 e. The van der Waals surface area contributed by atoms with Crippen LogP contribution in [-0.2, 0) is 4.74 Å². The maximum atomic E-state index is 11.3. The van der Waals surface area contributed by atoms with Crippen molar-refractivity contribution in [2.45, 2.75) is 26.2 Å². The van der Waals surface area contributed by atoms with Gasteiger partial charge >= 0.3 is 5.97 Å². The van der Waals surface area contributed by atoms with Crippen LogP contribution in [0.15, 0.2) is 6.07 Å². The van der Waals surface area contributed by atoms with Crippen LogP contribution in [0.2, 0.25) is 0 Å². The molecule has 1 atom stereocenters. The minimum absolute atomic E-state index is 0.353. The molecule has 0 radical (unpaired) electrons. The summed E-state index contributed by atoms with van der Waals surface area (Å²) in [6.07, 6.45) is 1.04. The predicted octanol–water partition coefficient (Wildman–Crippen LogP) is 2.63. The maximum absolute atomic E-state index is 11.3. The molecule has 78 valence electrons. The van der Waals surface area contributed by atoms with E-state index >= 15 is 0 Å². The van der Waals surface area contributed by atoms with Gasteiger partial charge in [-0.25, -0.2) is 4.79 Å². The van der Waals surface area contributed by atoms with Gasteiger partial charge in [-0.2, -0.15) is 0 Å². The van der Waals surface area contributed by atoms with Gasteiger partial charge in [0.1, 0.15) is 5.00 Å². The number of nitrogen functional groups attached to an aromatic ring is 1. The Labute approximate surface area is 87.9 Å². The number of esters is 1. The van der Waals surface area contributed by atoms with E-state index in [-0.39, 0.29) is 5.97 Å². The molecule has 0 aromatic carbocycles. The average Bonchev–Trinajstić information content (AvgIpc) is 2.58. The minimum Gasteiger partial charge on any atom is -0.465 e. The van der Waals surface area contributed by atoms with Crippen molar-refractivity contribution in [1.82, 2.24) is 0 Å². The molecule has 1 aromatic heterocycles. The minimum atomic E-state index is -0.353. The number of anilines is 1. The van der Waals surface area contributed by atoms with Crippen molar-refractivity contribution in [3.05, 3.63) is 16.5 Å². The lowest BCUT2D eigenvalue weighted by molar-refractivity contribution is 0.0602. The number of nitrogens with two attached hydrogens (primary N) is 1. The van der Waals surface area contributed by atoms with Gasteiger partial charge < -0.3 is 10.5 Å². The zero-order valence-corrected chi connectivity index (χ0v) is 9.48.